The van der Waals surface area contributed by atoms with Gasteiger partial charge in [0, 0.05) is 0 Å². The molecule has 0 saturated carbocycles. The van der Waals surface area contributed by atoms with Crippen molar-refractivity contribution in [3.63, 3.8) is 0 Å². The SMILES string of the molecule is CC(C)CC(O[C@@H](O)C=O)C(C)C(N)=O. The van der Waals surface area contributed by atoms with E-state index in [9.17, 15) is 9.59 Å². The van der Waals surface area contributed by atoms with E-state index in [0.29, 0.717) is 6.42 Å². The van der Waals surface area contributed by atoms with Gasteiger partial charge in [-0.1, -0.05) is 20.8 Å². The monoisotopic (exact) mass is 217 g/mol. The first-order chi connectivity index (χ1) is 6.88. The lowest BCUT2D eigenvalue weighted by atomic mass is 9.95. The van der Waals surface area contributed by atoms with Crippen LogP contribution < -0.4 is 5.73 Å². The van der Waals surface area contributed by atoms with Crippen LogP contribution in [0.25, 0.3) is 0 Å². The molecule has 1 amide bonds. The van der Waals surface area contributed by atoms with E-state index in [4.69, 9.17) is 15.6 Å². The summed E-state index contributed by atoms with van der Waals surface area (Å²) in [6.45, 7) is 5.53. The van der Waals surface area contributed by atoms with Crippen molar-refractivity contribution in [2.24, 2.45) is 17.6 Å². The lowest BCUT2D eigenvalue weighted by Crippen LogP contribution is -2.37. The normalized spacial score (nSPS) is 17.1. The number of amides is 1. The van der Waals surface area contributed by atoms with Crippen LogP contribution in [-0.4, -0.2) is 29.7 Å². The van der Waals surface area contributed by atoms with Crippen molar-refractivity contribution in [2.45, 2.75) is 39.6 Å². The Morgan fingerprint density at radius 2 is 2.00 bits per heavy atom. The summed E-state index contributed by atoms with van der Waals surface area (Å²) < 4.78 is 5.02. The summed E-state index contributed by atoms with van der Waals surface area (Å²) in [6.07, 6.45) is -1.17. The van der Waals surface area contributed by atoms with Gasteiger partial charge in [0.1, 0.15) is 0 Å². The van der Waals surface area contributed by atoms with Gasteiger partial charge in [-0.05, 0) is 12.3 Å². The topological polar surface area (TPSA) is 89.6 Å². The van der Waals surface area contributed by atoms with Gasteiger partial charge in [0.25, 0.3) is 0 Å². The molecule has 0 rings (SSSR count). The zero-order valence-electron chi connectivity index (χ0n) is 9.34. The van der Waals surface area contributed by atoms with E-state index in [1.54, 1.807) is 6.92 Å². The highest BCUT2D eigenvalue weighted by Crippen LogP contribution is 2.17. The van der Waals surface area contributed by atoms with Crippen molar-refractivity contribution in [3.8, 4) is 0 Å². The van der Waals surface area contributed by atoms with Gasteiger partial charge in [0.15, 0.2) is 6.29 Å². The Balaban J connectivity index is 4.42. The van der Waals surface area contributed by atoms with Crippen LogP contribution in [0.4, 0.5) is 0 Å². The smallest absolute Gasteiger partial charge is 0.222 e. The number of carbonyl (C=O) groups is 2. The number of hydrogen-bond donors (Lipinski definition) is 2. The van der Waals surface area contributed by atoms with Crippen LogP contribution in [0.2, 0.25) is 0 Å². The molecule has 0 aromatic heterocycles. The third-order valence-corrected chi connectivity index (χ3v) is 2.14. The molecule has 3 N–H and O–H groups in total. The van der Waals surface area contributed by atoms with E-state index in [1.165, 1.54) is 0 Å². The van der Waals surface area contributed by atoms with Crippen LogP contribution in [0.3, 0.4) is 0 Å². The van der Waals surface area contributed by atoms with Crippen LogP contribution in [0.1, 0.15) is 27.2 Å². The second-order valence-electron chi connectivity index (χ2n) is 4.02. The molecule has 0 aromatic rings. The highest BCUT2D eigenvalue weighted by Gasteiger charge is 2.25. The Hall–Kier alpha value is -0.940. The molecule has 5 heteroatoms. The Bertz CT molecular complexity index is 217. The maximum absolute atomic E-state index is 11.0. The first-order valence-electron chi connectivity index (χ1n) is 4.96. The van der Waals surface area contributed by atoms with Crippen LogP contribution >= 0.6 is 0 Å². The average Bonchev–Trinajstić information content (AvgIpc) is 2.14. The summed E-state index contributed by atoms with van der Waals surface area (Å²) in [4.78, 5) is 21.2. The maximum Gasteiger partial charge on any atom is 0.222 e. The summed E-state index contributed by atoms with van der Waals surface area (Å²) in [5, 5.41) is 9.03. The Morgan fingerprint density at radius 3 is 2.33 bits per heavy atom. The molecule has 0 heterocycles. The Labute approximate surface area is 89.6 Å². The van der Waals surface area contributed by atoms with Gasteiger partial charge in [-0.25, -0.2) is 0 Å². The third kappa shape index (κ3) is 5.49. The zero-order valence-corrected chi connectivity index (χ0v) is 9.34. The summed E-state index contributed by atoms with van der Waals surface area (Å²) in [7, 11) is 0. The number of rotatable bonds is 7. The standard InChI is InChI=1S/C10H19NO4/c1-6(2)4-8(7(3)10(11)14)15-9(13)5-12/h5-9,13H,4H2,1-3H3,(H2,11,14)/t7?,8?,9-/m1/s1. The van der Waals surface area contributed by atoms with E-state index in [0.717, 1.165) is 0 Å². The van der Waals surface area contributed by atoms with Crippen LogP contribution in [0.5, 0.6) is 0 Å². The molecule has 0 aromatic carbocycles. The molecule has 15 heavy (non-hydrogen) atoms. The largest absolute Gasteiger partial charge is 0.369 e. The van der Waals surface area contributed by atoms with E-state index in [1.807, 2.05) is 13.8 Å². The lowest BCUT2D eigenvalue weighted by Gasteiger charge is -2.24. The Kier molecular flexibility index (Phi) is 6.12. The molecule has 0 saturated heterocycles. The minimum Gasteiger partial charge on any atom is -0.369 e. The summed E-state index contributed by atoms with van der Waals surface area (Å²) >= 11 is 0. The summed E-state index contributed by atoms with van der Waals surface area (Å²) in [6, 6.07) is 0. The van der Waals surface area contributed by atoms with Crippen LogP contribution in [0.15, 0.2) is 0 Å². The Morgan fingerprint density at radius 1 is 1.47 bits per heavy atom. The molecule has 5 nitrogen and oxygen atoms in total. The van der Waals surface area contributed by atoms with Gasteiger partial charge in [-0.3, -0.25) is 9.59 Å². The van der Waals surface area contributed by atoms with E-state index in [-0.39, 0.29) is 12.2 Å². The van der Waals surface area contributed by atoms with E-state index < -0.39 is 24.2 Å². The first-order valence-corrected chi connectivity index (χ1v) is 4.96. The molecule has 0 bridgehead atoms. The molecular formula is C10H19NO4. The van der Waals surface area contributed by atoms with Crippen LogP contribution in [0, 0.1) is 11.8 Å². The van der Waals surface area contributed by atoms with Crippen molar-refractivity contribution >= 4 is 12.2 Å². The fourth-order valence-electron chi connectivity index (χ4n) is 1.24. The molecule has 0 radical (unpaired) electrons. The van der Waals surface area contributed by atoms with Crippen molar-refractivity contribution in [2.75, 3.05) is 0 Å². The molecular weight excluding hydrogens is 198 g/mol. The molecule has 0 aliphatic heterocycles. The van der Waals surface area contributed by atoms with E-state index in [2.05, 4.69) is 0 Å². The highest BCUT2D eigenvalue weighted by atomic mass is 16.6. The molecule has 0 aliphatic carbocycles. The van der Waals surface area contributed by atoms with Crippen molar-refractivity contribution in [1.82, 2.24) is 0 Å². The maximum atomic E-state index is 11.0. The number of aliphatic hydroxyl groups is 1. The fourth-order valence-corrected chi connectivity index (χ4v) is 1.24. The van der Waals surface area contributed by atoms with Gasteiger partial charge >= 0.3 is 0 Å². The number of carbonyl (C=O) groups excluding carboxylic acids is 2. The fraction of sp³-hybridized carbons (Fsp3) is 0.800. The van der Waals surface area contributed by atoms with Gasteiger partial charge < -0.3 is 15.6 Å². The second-order valence-corrected chi connectivity index (χ2v) is 4.02. The second kappa shape index (κ2) is 6.53. The molecule has 0 aliphatic rings. The minimum absolute atomic E-state index is 0.279. The number of hydrogen-bond acceptors (Lipinski definition) is 4. The molecule has 88 valence electrons. The number of primary amides is 1. The highest BCUT2D eigenvalue weighted by molar-refractivity contribution is 5.76. The third-order valence-electron chi connectivity index (χ3n) is 2.14. The van der Waals surface area contributed by atoms with Crippen molar-refractivity contribution in [1.29, 1.82) is 0 Å². The zero-order chi connectivity index (χ0) is 12.0. The minimum atomic E-state index is -1.49. The summed E-state index contributed by atoms with van der Waals surface area (Å²) in [5.74, 6) is -0.739. The van der Waals surface area contributed by atoms with Gasteiger partial charge in [0.05, 0.1) is 12.0 Å². The van der Waals surface area contributed by atoms with Crippen LogP contribution in [-0.2, 0) is 14.3 Å². The van der Waals surface area contributed by atoms with Crippen molar-refractivity contribution < 1.29 is 19.4 Å². The van der Waals surface area contributed by atoms with Gasteiger partial charge in [-0.2, -0.15) is 0 Å². The molecule has 0 spiro atoms. The first kappa shape index (κ1) is 14.1. The predicted molar refractivity (Wildman–Crippen MR) is 54.8 cm³/mol. The number of ether oxygens (including phenoxy) is 1. The van der Waals surface area contributed by atoms with Crippen molar-refractivity contribution in [3.05, 3.63) is 0 Å². The number of aliphatic hydroxyl groups excluding tert-OH is 1. The van der Waals surface area contributed by atoms with Gasteiger partial charge in [0.2, 0.25) is 12.2 Å². The van der Waals surface area contributed by atoms with E-state index >= 15 is 0 Å². The van der Waals surface area contributed by atoms with Gasteiger partial charge in [-0.15, -0.1) is 0 Å². The predicted octanol–water partition coefficient (Wildman–Crippen LogP) is 0.0564. The number of nitrogens with two attached hydrogens (primary N) is 1. The average molecular weight is 217 g/mol. The quantitative estimate of drug-likeness (QED) is 0.466. The number of aldehydes is 1. The summed E-state index contributed by atoms with van der Waals surface area (Å²) in [5.41, 5.74) is 5.14. The molecule has 2 unspecified atom stereocenters. The molecule has 0 fully saturated rings. The molecule has 3 atom stereocenters. The lowest BCUT2D eigenvalue weighted by molar-refractivity contribution is -0.166.